The Morgan fingerprint density at radius 2 is 2.10 bits per heavy atom. The second kappa shape index (κ2) is 6.49. The lowest BCUT2D eigenvalue weighted by Crippen LogP contribution is -2.32. The smallest absolute Gasteiger partial charge is 0.164 e. The molecule has 1 fully saturated rings. The summed E-state index contributed by atoms with van der Waals surface area (Å²) in [6.07, 6.45) is 2.98. The fraction of sp³-hybridized carbons (Fsp3) is 0.588. The number of ketones is 1. The fourth-order valence-corrected chi connectivity index (χ4v) is 2.49. The van der Waals surface area contributed by atoms with Gasteiger partial charge in [-0.15, -0.1) is 0 Å². The first-order valence-corrected chi connectivity index (χ1v) is 7.50. The minimum absolute atomic E-state index is 0.0401. The molecule has 1 saturated carbocycles. The summed E-state index contributed by atoms with van der Waals surface area (Å²) in [5, 5.41) is 0. The predicted molar refractivity (Wildman–Crippen MR) is 79.5 cm³/mol. The number of carbonyl (C=O) groups excluding carboxylic acids is 1. The van der Waals surface area contributed by atoms with Gasteiger partial charge in [-0.05, 0) is 37.3 Å². The molecule has 0 spiro atoms. The van der Waals surface area contributed by atoms with Crippen molar-refractivity contribution in [3.8, 4) is 0 Å². The van der Waals surface area contributed by atoms with Crippen LogP contribution >= 0.6 is 0 Å². The summed E-state index contributed by atoms with van der Waals surface area (Å²) < 4.78 is 13.5. The summed E-state index contributed by atoms with van der Waals surface area (Å²) in [4.78, 5) is 14.6. The van der Waals surface area contributed by atoms with Crippen LogP contribution in [0.1, 0.15) is 49.0 Å². The van der Waals surface area contributed by atoms with Crippen LogP contribution in [0.2, 0.25) is 0 Å². The topological polar surface area (TPSA) is 20.3 Å². The van der Waals surface area contributed by atoms with E-state index in [1.165, 1.54) is 18.9 Å². The van der Waals surface area contributed by atoms with E-state index in [4.69, 9.17) is 0 Å². The average Bonchev–Trinajstić information content (AvgIpc) is 3.21. The van der Waals surface area contributed by atoms with E-state index in [0.29, 0.717) is 29.5 Å². The number of rotatable bonds is 7. The van der Waals surface area contributed by atoms with E-state index in [0.717, 1.165) is 13.1 Å². The summed E-state index contributed by atoms with van der Waals surface area (Å²) in [6.45, 7) is 7.94. The maximum absolute atomic E-state index is 13.5. The van der Waals surface area contributed by atoms with Gasteiger partial charge in [0.25, 0.3) is 0 Å². The largest absolute Gasteiger partial charge is 0.300 e. The third kappa shape index (κ3) is 4.14. The van der Waals surface area contributed by atoms with E-state index < -0.39 is 0 Å². The van der Waals surface area contributed by atoms with Crippen LogP contribution in [0, 0.1) is 18.7 Å². The van der Waals surface area contributed by atoms with Gasteiger partial charge in [-0.1, -0.05) is 26.0 Å². The minimum Gasteiger partial charge on any atom is -0.300 e. The molecule has 1 aliphatic carbocycles. The van der Waals surface area contributed by atoms with Crippen molar-refractivity contribution in [3.05, 3.63) is 35.1 Å². The Morgan fingerprint density at radius 1 is 1.40 bits per heavy atom. The molecule has 0 saturated heterocycles. The Morgan fingerprint density at radius 3 is 2.65 bits per heavy atom. The molecule has 110 valence electrons. The Kier molecular flexibility index (Phi) is 4.92. The second-order valence-corrected chi connectivity index (χ2v) is 6.26. The van der Waals surface area contributed by atoms with Crippen molar-refractivity contribution >= 4 is 5.78 Å². The molecule has 0 radical (unpaired) electrons. The van der Waals surface area contributed by atoms with Gasteiger partial charge < -0.3 is 0 Å². The number of Topliss-reactive ketones (excluding diaryl/α,β-unsaturated/α-hetero) is 1. The van der Waals surface area contributed by atoms with Gasteiger partial charge in [-0.2, -0.15) is 0 Å². The molecule has 3 heteroatoms. The van der Waals surface area contributed by atoms with Gasteiger partial charge in [0.1, 0.15) is 5.82 Å². The molecular formula is C17H24FNO. The monoisotopic (exact) mass is 277 g/mol. The molecule has 1 aromatic rings. The molecule has 1 aromatic carbocycles. The summed E-state index contributed by atoms with van der Waals surface area (Å²) in [6, 6.07) is 5.43. The Bertz CT molecular complexity index is 480. The van der Waals surface area contributed by atoms with Crippen LogP contribution in [0.15, 0.2) is 18.2 Å². The first kappa shape index (κ1) is 15.2. The molecule has 1 aliphatic rings. The molecule has 0 atom stereocenters. The van der Waals surface area contributed by atoms with Crippen molar-refractivity contribution in [2.75, 3.05) is 13.1 Å². The number of hydrogen-bond acceptors (Lipinski definition) is 2. The molecule has 0 aromatic heterocycles. The second-order valence-electron chi connectivity index (χ2n) is 6.26. The zero-order valence-electron chi connectivity index (χ0n) is 12.7. The zero-order valence-corrected chi connectivity index (χ0v) is 12.7. The quantitative estimate of drug-likeness (QED) is 0.706. The van der Waals surface area contributed by atoms with E-state index in [2.05, 4.69) is 18.7 Å². The van der Waals surface area contributed by atoms with Crippen LogP contribution in [0.4, 0.5) is 4.39 Å². The normalized spacial score (nSPS) is 15.1. The summed E-state index contributed by atoms with van der Waals surface area (Å²) in [5.74, 6) is 0.359. The average molecular weight is 277 g/mol. The number of aryl methyl sites for hydroxylation is 1. The van der Waals surface area contributed by atoms with Crippen LogP contribution < -0.4 is 0 Å². The number of nitrogens with zero attached hydrogens (tertiary/aromatic N) is 1. The number of carbonyl (C=O) groups is 1. The number of hydrogen-bond donors (Lipinski definition) is 0. The Balaban J connectivity index is 1.91. The van der Waals surface area contributed by atoms with Crippen molar-refractivity contribution < 1.29 is 9.18 Å². The van der Waals surface area contributed by atoms with E-state index in [9.17, 15) is 9.18 Å². The van der Waals surface area contributed by atoms with Crippen LogP contribution in [-0.2, 0) is 0 Å². The van der Waals surface area contributed by atoms with Gasteiger partial charge in [0, 0.05) is 31.1 Å². The molecule has 2 nitrogen and oxygen atoms in total. The van der Waals surface area contributed by atoms with Crippen LogP contribution in [-0.4, -0.2) is 29.8 Å². The van der Waals surface area contributed by atoms with Crippen molar-refractivity contribution in [2.24, 2.45) is 5.92 Å². The molecular weight excluding hydrogens is 253 g/mol. The summed E-state index contributed by atoms with van der Waals surface area (Å²) in [5.41, 5.74) is 1.08. The predicted octanol–water partition coefficient (Wildman–Crippen LogP) is 3.83. The van der Waals surface area contributed by atoms with Crippen molar-refractivity contribution in [1.82, 2.24) is 4.90 Å². The molecule has 0 amide bonds. The van der Waals surface area contributed by atoms with E-state index >= 15 is 0 Å². The molecule has 0 N–H and O–H groups in total. The van der Waals surface area contributed by atoms with Gasteiger partial charge in [0.2, 0.25) is 0 Å². The standard InChI is InChI=1S/C17H24FNO/c1-12(2)11-19(15-6-7-15)9-8-17(20)14-5-4-13(3)16(18)10-14/h4-5,10,12,15H,6-9,11H2,1-3H3. The Labute approximate surface area is 121 Å². The first-order chi connectivity index (χ1) is 9.47. The lowest BCUT2D eigenvalue weighted by molar-refractivity contribution is 0.0958. The molecule has 0 aliphatic heterocycles. The third-order valence-corrected chi connectivity index (χ3v) is 3.78. The van der Waals surface area contributed by atoms with Gasteiger partial charge in [0.05, 0.1) is 0 Å². The zero-order chi connectivity index (χ0) is 14.7. The van der Waals surface area contributed by atoms with E-state index in [-0.39, 0.29) is 11.6 Å². The highest BCUT2D eigenvalue weighted by atomic mass is 19.1. The van der Waals surface area contributed by atoms with Crippen molar-refractivity contribution in [1.29, 1.82) is 0 Å². The van der Waals surface area contributed by atoms with Gasteiger partial charge in [0.15, 0.2) is 5.78 Å². The minimum atomic E-state index is -0.294. The maximum Gasteiger partial charge on any atom is 0.164 e. The van der Waals surface area contributed by atoms with Crippen LogP contribution in [0.25, 0.3) is 0 Å². The van der Waals surface area contributed by atoms with Crippen LogP contribution in [0.5, 0.6) is 0 Å². The van der Waals surface area contributed by atoms with Gasteiger partial charge in [-0.25, -0.2) is 4.39 Å². The SMILES string of the molecule is Cc1ccc(C(=O)CCN(CC(C)C)C2CC2)cc1F. The lowest BCUT2D eigenvalue weighted by Gasteiger charge is -2.23. The molecule has 0 heterocycles. The highest BCUT2D eigenvalue weighted by Gasteiger charge is 2.29. The van der Waals surface area contributed by atoms with E-state index in [1.807, 2.05) is 0 Å². The lowest BCUT2D eigenvalue weighted by atomic mass is 10.1. The third-order valence-electron chi connectivity index (χ3n) is 3.78. The number of halogens is 1. The number of benzene rings is 1. The van der Waals surface area contributed by atoms with E-state index in [1.54, 1.807) is 19.1 Å². The highest BCUT2D eigenvalue weighted by molar-refractivity contribution is 5.96. The summed E-state index contributed by atoms with van der Waals surface area (Å²) in [7, 11) is 0. The summed E-state index contributed by atoms with van der Waals surface area (Å²) >= 11 is 0. The van der Waals surface area contributed by atoms with Crippen LogP contribution in [0.3, 0.4) is 0 Å². The van der Waals surface area contributed by atoms with Gasteiger partial charge in [-0.3, -0.25) is 9.69 Å². The fourth-order valence-electron chi connectivity index (χ4n) is 2.49. The van der Waals surface area contributed by atoms with Crippen molar-refractivity contribution in [2.45, 2.75) is 46.1 Å². The maximum atomic E-state index is 13.5. The molecule has 2 rings (SSSR count). The molecule has 0 unspecified atom stereocenters. The Hall–Kier alpha value is -1.22. The van der Waals surface area contributed by atoms with Gasteiger partial charge >= 0.3 is 0 Å². The van der Waals surface area contributed by atoms with Crippen molar-refractivity contribution in [3.63, 3.8) is 0 Å². The highest BCUT2D eigenvalue weighted by Crippen LogP contribution is 2.27. The molecule has 0 bridgehead atoms. The first-order valence-electron chi connectivity index (χ1n) is 7.50. The molecule has 20 heavy (non-hydrogen) atoms.